The number of morpholine rings is 1. The number of carbonyl (C=O) groups excluding carboxylic acids is 1. The van der Waals surface area contributed by atoms with Gasteiger partial charge >= 0.3 is 0 Å². The quantitative estimate of drug-likeness (QED) is 0.741. The van der Waals surface area contributed by atoms with Crippen LogP contribution < -0.4 is 9.64 Å². The van der Waals surface area contributed by atoms with Crippen LogP contribution in [-0.2, 0) is 9.53 Å². The van der Waals surface area contributed by atoms with Crippen molar-refractivity contribution in [2.24, 2.45) is 0 Å². The van der Waals surface area contributed by atoms with Gasteiger partial charge in [0.2, 0.25) is 11.8 Å². The predicted molar refractivity (Wildman–Crippen MR) is 89.0 cm³/mol. The molecule has 2 fully saturated rings. The number of anilines is 1. The molecule has 2 aliphatic rings. The lowest BCUT2D eigenvalue weighted by molar-refractivity contribution is -0.150. The third kappa shape index (κ3) is 4.17. The van der Waals surface area contributed by atoms with Crippen LogP contribution in [0.5, 0.6) is 5.88 Å². The summed E-state index contributed by atoms with van der Waals surface area (Å²) in [5, 5.41) is 0. The van der Waals surface area contributed by atoms with Crippen molar-refractivity contribution < 1.29 is 23.0 Å². The largest absolute Gasteiger partial charge is 0.480 e. The van der Waals surface area contributed by atoms with Crippen LogP contribution in [0.25, 0.3) is 0 Å². The van der Waals surface area contributed by atoms with Gasteiger partial charge in [-0.15, -0.1) is 0 Å². The lowest BCUT2D eigenvalue weighted by atomic mass is 10.1. The monoisotopic (exact) mass is 420 g/mol. The summed E-state index contributed by atoms with van der Waals surface area (Å²) in [6.45, 7) is 1.24. The van der Waals surface area contributed by atoms with Crippen LogP contribution in [0.1, 0.15) is 12.8 Å². The van der Waals surface area contributed by atoms with Gasteiger partial charge < -0.3 is 19.3 Å². The van der Waals surface area contributed by atoms with Crippen LogP contribution >= 0.6 is 15.9 Å². The number of ether oxygens (including phenoxy) is 2. The van der Waals surface area contributed by atoms with Crippen molar-refractivity contribution in [1.82, 2.24) is 14.9 Å². The van der Waals surface area contributed by atoms with E-state index in [0.717, 1.165) is 0 Å². The molecular weight excluding hydrogens is 402 g/mol. The van der Waals surface area contributed by atoms with Gasteiger partial charge in [0.15, 0.2) is 6.10 Å². The first-order valence-electron chi connectivity index (χ1n) is 7.99. The molecule has 1 atom stereocenters. The average molecular weight is 421 g/mol. The number of methoxy groups -OCH3 is 1. The van der Waals surface area contributed by atoms with Crippen molar-refractivity contribution in [2.75, 3.05) is 44.8 Å². The highest BCUT2D eigenvalue weighted by Crippen LogP contribution is 2.29. The third-order valence-electron chi connectivity index (χ3n) is 4.32. The molecule has 0 radical (unpaired) electrons. The molecule has 0 aliphatic carbocycles. The number of aromatic nitrogens is 2. The minimum Gasteiger partial charge on any atom is -0.480 e. The number of hydrogen-bond acceptors (Lipinski definition) is 6. The highest BCUT2D eigenvalue weighted by Gasteiger charge is 2.38. The Bertz CT molecular complexity index is 639. The molecule has 138 valence electrons. The topological polar surface area (TPSA) is 67.8 Å². The summed E-state index contributed by atoms with van der Waals surface area (Å²) in [6.07, 6.45) is 0.267. The molecular formula is C15H19BrF2N4O3. The van der Waals surface area contributed by atoms with Crippen molar-refractivity contribution in [1.29, 1.82) is 0 Å². The first kappa shape index (κ1) is 18.2. The van der Waals surface area contributed by atoms with Crippen molar-refractivity contribution in [3.05, 3.63) is 10.7 Å². The van der Waals surface area contributed by atoms with Gasteiger partial charge in [-0.3, -0.25) is 4.79 Å². The number of nitrogens with zero attached hydrogens (tertiary/aromatic N) is 4. The maximum absolute atomic E-state index is 13.3. The van der Waals surface area contributed by atoms with E-state index in [0.29, 0.717) is 29.5 Å². The second-order valence-electron chi connectivity index (χ2n) is 6.01. The second kappa shape index (κ2) is 7.36. The van der Waals surface area contributed by atoms with E-state index in [9.17, 15) is 13.6 Å². The molecule has 0 bridgehead atoms. The average Bonchev–Trinajstić information content (AvgIpc) is 2.61. The zero-order valence-corrected chi connectivity index (χ0v) is 15.3. The van der Waals surface area contributed by atoms with E-state index < -0.39 is 12.0 Å². The van der Waals surface area contributed by atoms with Gasteiger partial charge in [0.05, 0.1) is 30.9 Å². The van der Waals surface area contributed by atoms with E-state index in [2.05, 4.69) is 25.9 Å². The third-order valence-corrected chi connectivity index (χ3v) is 4.87. The summed E-state index contributed by atoms with van der Waals surface area (Å²) in [7, 11) is 1.51. The van der Waals surface area contributed by atoms with Gasteiger partial charge in [-0.05, 0) is 15.9 Å². The number of amides is 1. The Hall–Kier alpha value is -1.55. The van der Waals surface area contributed by atoms with E-state index in [-0.39, 0.29) is 38.4 Å². The van der Waals surface area contributed by atoms with Gasteiger partial charge in [0, 0.05) is 32.5 Å². The molecule has 25 heavy (non-hydrogen) atoms. The van der Waals surface area contributed by atoms with Crippen LogP contribution in [0.15, 0.2) is 10.7 Å². The van der Waals surface area contributed by atoms with E-state index in [1.165, 1.54) is 12.0 Å². The molecule has 3 rings (SSSR count). The van der Waals surface area contributed by atoms with Crippen LogP contribution in [0.3, 0.4) is 0 Å². The highest BCUT2D eigenvalue weighted by molar-refractivity contribution is 9.10. The fraction of sp³-hybridized carbons (Fsp3) is 0.667. The van der Waals surface area contributed by atoms with E-state index >= 15 is 0 Å². The Labute approximate surface area is 152 Å². The zero-order chi connectivity index (χ0) is 18.0. The number of likely N-dealkylation sites (tertiary alicyclic amines) is 1. The fourth-order valence-corrected chi connectivity index (χ4v) is 3.23. The fourth-order valence-electron chi connectivity index (χ4n) is 2.88. The molecule has 0 aromatic carbocycles. The van der Waals surface area contributed by atoms with E-state index in [1.807, 2.05) is 4.90 Å². The number of rotatable bonds is 3. The summed E-state index contributed by atoms with van der Waals surface area (Å²) < 4.78 is 37.9. The zero-order valence-electron chi connectivity index (χ0n) is 13.8. The lowest BCUT2D eigenvalue weighted by Gasteiger charge is -2.37. The Morgan fingerprint density at radius 3 is 2.80 bits per heavy atom. The molecule has 3 heterocycles. The molecule has 1 aromatic heterocycles. The lowest BCUT2D eigenvalue weighted by Crippen LogP contribution is -2.53. The normalized spacial score (nSPS) is 23.4. The standard InChI is InChI=1S/C15H19BrF2N4O3/c1-24-12-10(16)8-19-14(20-12)22-6-7-25-11(9-22)13(23)21-4-2-15(17,18)3-5-21/h8,11H,2-7,9H2,1H3. The molecule has 2 aliphatic heterocycles. The molecule has 0 saturated carbocycles. The Morgan fingerprint density at radius 2 is 2.12 bits per heavy atom. The first-order chi connectivity index (χ1) is 11.9. The highest BCUT2D eigenvalue weighted by atomic mass is 79.9. The summed E-state index contributed by atoms with van der Waals surface area (Å²) in [6, 6.07) is 0. The van der Waals surface area contributed by atoms with Crippen molar-refractivity contribution in [3.8, 4) is 5.88 Å². The molecule has 1 aromatic rings. The van der Waals surface area contributed by atoms with E-state index in [4.69, 9.17) is 9.47 Å². The maximum Gasteiger partial charge on any atom is 0.253 e. The Balaban J connectivity index is 1.66. The van der Waals surface area contributed by atoms with Crippen LogP contribution in [-0.4, -0.2) is 72.7 Å². The number of carbonyl (C=O) groups is 1. The minimum atomic E-state index is -2.68. The SMILES string of the molecule is COc1nc(N2CCOC(C(=O)N3CCC(F)(F)CC3)C2)ncc1Br. The molecule has 1 unspecified atom stereocenters. The number of hydrogen-bond donors (Lipinski definition) is 0. The van der Waals surface area contributed by atoms with Gasteiger partial charge in [-0.2, -0.15) is 4.98 Å². The van der Waals surface area contributed by atoms with Crippen LogP contribution in [0.2, 0.25) is 0 Å². The minimum absolute atomic E-state index is 0.0499. The second-order valence-corrected chi connectivity index (χ2v) is 6.87. The number of halogens is 3. The summed E-state index contributed by atoms with van der Waals surface area (Å²) in [5.41, 5.74) is 0. The summed E-state index contributed by atoms with van der Waals surface area (Å²) in [4.78, 5) is 24.4. The van der Waals surface area contributed by atoms with E-state index in [1.54, 1.807) is 6.20 Å². The van der Waals surface area contributed by atoms with Crippen molar-refractivity contribution in [2.45, 2.75) is 24.9 Å². The molecule has 0 N–H and O–H groups in total. The summed E-state index contributed by atoms with van der Waals surface area (Å²) >= 11 is 3.30. The Kier molecular flexibility index (Phi) is 5.38. The maximum atomic E-state index is 13.3. The molecule has 7 nitrogen and oxygen atoms in total. The van der Waals surface area contributed by atoms with Crippen molar-refractivity contribution >= 4 is 27.8 Å². The first-order valence-corrected chi connectivity index (χ1v) is 8.78. The van der Waals surface area contributed by atoms with Crippen LogP contribution in [0, 0.1) is 0 Å². The summed E-state index contributed by atoms with van der Waals surface area (Å²) in [5.74, 6) is -2.11. The smallest absolute Gasteiger partial charge is 0.253 e. The van der Waals surface area contributed by atoms with Gasteiger partial charge in [0.1, 0.15) is 0 Å². The van der Waals surface area contributed by atoms with Gasteiger partial charge in [-0.1, -0.05) is 0 Å². The molecule has 2 saturated heterocycles. The number of piperidine rings is 1. The van der Waals surface area contributed by atoms with Crippen LogP contribution in [0.4, 0.5) is 14.7 Å². The van der Waals surface area contributed by atoms with Gasteiger partial charge in [-0.25, -0.2) is 13.8 Å². The number of alkyl halides is 2. The molecule has 0 spiro atoms. The predicted octanol–water partition coefficient (Wildman–Crippen LogP) is 1.71. The molecule has 1 amide bonds. The van der Waals surface area contributed by atoms with Crippen molar-refractivity contribution in [3.63, 3.8) is 0 Å². The van der Waals surface area contributed by atoms with Gasteiger partial charge in [0.25, 0.3) is 11.8 Å². The molecule has 10 heteroatoms. The Morgan fingerprint density at radius 1 is 1.40 bits per heavy atom.